The van der Waals surface area contributed by atoms with Gasteiger partial charge in [-0.3, -0.25) is 19.5 Å². The minimum atomic E-state index is -1.03. The molecular weight excluding hydrogens is 536 g/mol. The van der Waals surface area contributed by atoms with Crippen molar-refractivity contribution in [3.05, 3.63) is 94.8 Å². The van der Waals surface area contributed by atoms with Crippen LogP contribution in [0.2, 0.25) is 0 Å². The Balaban J connectivity index is 1.56. The SMILES string of the molecule is CCOc1cc(C2C(=C(O)c3ccncc3)C(=O)C(=O)N2c2nnc(SCc3ccc(C)cc3)s2)ccc1O. The third-order valence-electron chi connectivity index (χ3n) is 6.08. The number of thioether (sulfide) groups is 1. The van der Waals surface area contributed by atoms with Crippen molar-refractivity contribution in [2.45, 2.75) is 30.0 Å². The van der Waals surface area contributed by atoms with Crippen LogP contribution in [-0.4, -0.2) is 43.7 Å². The number of hydrogen-bond acceptors (Lipinski definition) is 10. The molecule has 198 valence electrons. The Morgan fingerprint density at radius 1 is 1.08 bits per heavy atom. The summed E-state index contributed by atoms with van der Waals surface area (Å²) in [4.78, 5) is 32.0. The summed E-state index contributed by atoms with van der Waals surface area (Å²) in [5, 5.41) is 30.2. The average molecular weight is 561 g/mol. The lowest BCUT2D eigenvalue weighted by atomic mass is 9.95. The second kappa shape index (κ2) is 11.3. The van der Waals surface area contributed by atoms with Crippen LogP contribution in [0.1, 0.15) is 35.2 Å². The van der Waals surface area contributed by atoms with Crippen LogP contribution in [0.4, 0.5) is 5.13 Å². The van der Waals surface area contributed by atoms with Crippen molar-refractivity contribution < 1.29 is 24.5 Å². The number of carbonyl (C=O) groups is 2. The molecule has 2 aromatic heterocycles. The van der Waals surface area contributed by atoms with Gasteiger partial charge < -0.3 is 14.9 Å². The first-order valence-electron chi connectivity index (χ1n) is 12.1. The summed E-state index contributed by atoms with van der Waals surface area (Å²) < 4.78 is 6.17. The number of aliphatic hydroxyl groups is 1. The van der Waals surface area contributed by atoms with Gasteiger partial charge in [-0.25, -0.2) is 0 Å². The number of ketones is 1. The number of aromatic hydroxyl groups is 1. The topological polar surface area (TPSA) is 126 Å². The van der Waals surface area contributed by atoms with Crippen LogP contribution in [-0.2, 0) is 15.3 Å². The highest BCUT2D eigenvalue weighted by atomic mass is 32.2. The van der Waals surface area contributed by atoms with E-state index in [2.05, 4.69) is 15.2 Å². The smallest absolute Gasteiger partial charge is 0.301 e. The van der Waals surface area contributed by atoms with E-state index >= 15 is 0 Å². The average Bonchev–Trinajstić information content (AvgIpc) is 3.52. The van der Waals surface area contributed by atoms with Gasteiger partial charge in [0.1, 0.15) is 5.76 Å². The van der Waals surface area contributed by atoms with Gasteiger partial charge in [-0.05, 0) is 49.2 Å². The van der Waals surface area contributed by atoms with E-state index in [0.717, 1.165) is 5.56 Å². The van der Waals surface area contributed by atoms with E-state index in [1.54, 1.807) is 31.2 Å². The maximum Gasteiger partial charge on any atom is 0.301 e. The van der Waals surface area contributed by atoms with Crippen molar-refractivity contribution in [1.82, 2.24) is 15.2 Å². The molecule has 9 nitrogen and oxygen atoms in total. The van der Waals surface area contributed by atoms with E-state index in [0.29, 0.717) is 27.8 Å². The van der Waals surface area contributed by atoms with Gasteiger partial charge in [0, 0.05) is 23.7 Å². The van der Waals surface area contributed by atoms with Crippen molar-refractivity contribution in [2.75, 3.05) is 11.5 Å². The number of pyridine rings is 1. The predicted octanol–water partition coefficient (Wildman–Crippen LogP) is 5.26. The summed E-state index contributed by atoms with van der Waals surface area (Å²) >= 11 is 2.66. The summed E-state index contributed by atoms with van der Waals surface area (Å²) in [6, 6.07) is 14.8. The maximum absolute atomic E-state index is 13.4. The largest absolute Gasteiger partial charge is 0.507 e. The lowest BCUT2D eigenvalue weighted by Crippen LogP contribution is -2.29. The fraction of sp³-hybridized carbons (Fsp3) is 0.179. The molecule has 0 spiro atoms. The first-order valence-corrected chi connectivity index (χ1v) is 13.9. The van der Waals surface area contributed by atoms with Gasteiger partial charge in [0.05, 0.1) is 18.2 Å². The number of aliphatic hydroxyl groups excluding tert-OH is 1. The standard InChI is InChI=1S/C28H24N4O5S2/c1-3-37-21-14-19(8-9-20(21)33)23-22(24(34)18-10-12-29-13-11-18)25(35)26(36)32(23)27-30-31-28(39-27)38-15-17-6-4-16(2)5-7-17/h4-14,23,33-34H,3,15H2,1-2H3. The van der Waals surface area contributed by atoms with Crippen LogP contribution >= 0.6 is 23.1 Å². The maximum atomic E-state index is 13.4. The Kier molecular flexibility index (Phi) is 7.62. The van der Waals surface area contributed by atoms with Crippen molar-refractivity contribution in [1.29, 1.82) is 0 Å². The Labute approximate surface area is 232 Å². The molecule has 1 amide bonds. The number of Topliss-reactive ketones (excluding diaryl/α,β-unsaturated/α-hetero) is 1. The number of carbonyl (C=O) groups excluding carboxylic acids is 2. The minimum absolute atomic E-state index is 0.0857. The molecule has 4 aromatic rings. The minimum Gasteiger partial charge on any atom is -0.507 e. The molecule has 1 aliphatic heterocycles. The molecule has 1 saturated heterocycles. The van der Waals surface area contributed by atoms with Gasteiger partial charge >= 0.3 is 5.91 Å². The molecule has 3 heterocycles. The van der Waals surface area contributed by atoms with E-state index < -0.39 is 17.7 Å². The van der Waals surface area contributed by atoms with Crippen LogP contribution in [0, 0.1) is 6.92 Å². The first kappa shape index (κ1) is 26.4. The lowest BCUT2D eigenvalue weighted by Gasteiger charge is -2.23. The zero-order valence-electron chi connectivity index (χ0n) is 21.1. The van der Waals surface area contributed by atoms with Gasteiger partial charge in [0.15, 0.2) is 15.8 Å². The molecule has 2 aromatic carbocycles. The van der Waals surface area contributed by atoms with Crippen LogP contribution in [0.25, 0.3) is 5.76 Å². The molecule has 1 atom stereocenters. The third kappa shape index (κ3) is 5.36. The summed E-state index contributed by atoms with van der Waals surface area (Å²) in [7, 11) is 0. The molecule has 0 bridgehead atoms. The number of phenols is 1. The quantitative estimate of drug-likeness (QED) is 0.0975. The highest BCUT2D eigenvalue weighted by Crippen LogP contribution is 2.45. The van der Waals surface area contributed by atoms with Crippen molar-refractivity contribution in [3.63, 3.8) is 0 Å². The zero-order valence-corrected chi connectivity index (χ0v) is 22.7. The van der Waals surface area contributed by atoms with Gasteiger partial charge in [-0.1, -0.05) is 59.0 Å². The zero-order chi connectivity index (χ0) is 27.5. The molecule has 11 heteroatoms. The third-order valence-corrected chi connectivity index (χ3v) is 8.21. The van der Waals surface area contributed by atoms with Crippen LogP contribution in [0.5, 0.6) is 11.5 Å². The van der Waals surface area contributed by atoms with Crippen molar-refractivity contribution in [2.24, 2.45) is 0 Å². The normalized spacial score (nSPS) is 16.6. The number of nitrogens with zero attached hydrogens (tertiary/aromatic N) is 4. The molecule has 1 unspecified atom stereocenters. The van der Waals surface area contributed by atoms with E-state index in [4.69, 9.17) is 4.74 Å². The van der Waals surface area contributed by atoms with Gasteiger partial charge in [-0.2, -0.15) is 0 Å². The predicted molar refractivity (Wildman–Crippen MR) is 149 cm³/mol. The summed E-state index contributed by atoms with van der Waals surface area (Å²) in [5.41, 5.74) is 2.97. The Morgan fingerprint density at radius 3 is 2.54 bits per heavy atom. The van der Waals surface area contributed by atoms with E-state index in [1.165, 1.54) is 52.0 Å². The van der Waals surface area contributed by atoms with E-state index in [9.17, 15) is 19.8 Å². The molecule has 2 N–H and O–H groups in total. The number of anilines is 1. The van der Waals surface area contributed by atoms with Crippen LogP contribution in [0.3, 0.4) is 0 Å². The summed E-state index contributed by atoms with van der Waals surface area (Å²) in [5.74, 6) is -1.27. The molecule has 39 heavy (non-hydrogen) atoms. The van der Waals surface area contributed by atoms with Gasteiger partial charge in [-0.15, -0.1) is 10.2 Å². The highest BCUT2D eigenvalue weighted by Gasteiger charge is 2.48. The first-order chi connectivity index (χ1) is 18.9. The molecule has 1 fully saturated rings. The Bertz CT molecular complexity index is 1550. The molecule has 5 rings (SSSR count). The molecule has 0 saturated carbocycles. The van der Waals surface area contributed by atoms with E-state index in [-0.39, 0.29) is 28.0 Å². The number of ether oxygens (including phenoxy) is 1. The number of phenolic OH excluding ortho intramolecular Hbond substituents is 1. The summed E-state index contributed by atoms with van der Waals surface area (Å²) in [6.07, 6.45) is 2.96. The number of rotatable bonds is 8. The number of aromatic nitrogens is 3. The molecular formula is C28H24N4O5S2. The number of hydrogen-bond donors (Lipinski definition) is 2. The van der Waals surface area contributed by atoms with Crippen LogP contribution < -0.4 is 9.64 Å². The Hall–Kier alpha value is -4.22. The van der Waals surface area contributed by atoms with Crippen molar-refractivity contribution >= 4 is 45.7 Å². The highest BCUT2D eigenvalue weighted by molar-refractivity contribution is 8.00. The molecule has 0 aliphatic carbocycles. The van der Waals surface area contributed by atoms with Crippen LogP contribution in [0.15, 0.2) is 76.9 Å². The molecule has 0 radical (unpaired) electrons. The summed E-state index contributed by atoms with van der Waals surface area (Å²) in [6.45, 7) is 4.10. The van der Waals surface area contributed by atoms with Gasteiger partial charge in [0.25, 0.3) is 5.78 Å². The second-order valence-corrected chi connectivity index (χ2v) is 10.9. The Morgan fingerprint density at radius 2 is 1.82 bits per heavy atom. The lowest BCUT2D eigenvalue weighted by molar-refractivity contribution is -0.132. The fourth-order valence-corrected chi connectivity index (χ4v) is 5.99. The number of amides is 1. The number of aryl methyl sites for hydroxylation is 1. The second-order valence-electron chi connectivity index (χ2n) is 8.69. The fourth-order valence-electron chi connectivity index (χ4n) is 4.17. The van der Waals surface area contributed by atoms with E-state index in [1.807, 2.05) is 31.2 Å². The van der Waals surface area contributed by atoms with Crippen molar-refractivity contribution in [3.8, 4) is 11.5 Å². The monoisotopic (exact) mass is 560 g/mol. The number of benzene rings is 2. The molecule has 1 aliphatic rings. The van der Waals surface area contributed by atoms with Gasteiger partial charge in [0.2, 0.25) is 5.13 Å².